The molecule has 0 aliphatic carbocycles. The van der Waals surface area contributed by atoms with Gasteiger partial charge < -0.3 is 19.9 Å². The van der Waals surface area contributed by atoms with Gasteiger partial charge in [-0.1, -0.05) is 17.7 Å². The maximum absolute atomic E-state index is 5.95. The van der Waals surface area contributed by atoms with Crippen LogP contribution in [0.5, 0.6) is 5.75 Å². The number of piperazine rings is 1. The fraction of sp³-hybridized carbons (Fsp3) is 0.278. The van der Waals surface area contributed by atoms with Crippen molar-refractivity contribution in [2.24, 2.45) is 0 Å². The van der Waals surface area contributed by atoms with E-state index in [0.717, 1.165) is 47.8 Å². The van der Waals surface area contributed by atoms with Crippen molar-refractivity contribution in [2.45, 2.75) is 0 Å². The van der Waals surface area contributed by atoms with Gasteiger partial charge in [-0.25, -0.2) is 0 Å². The van der Waals surface area contributed by atoms with E-state index in [1.807, 2.05) is 36.4 Å². The Labute approximate surface area is 153 Å². The van der Waals surface area contributed by atoms with Crippen molar-refractivity contribution >= 4 is 40.3 Å². The van der Waals surface area contributed by atoms with E-state index in [0.29, 0.717) is 0 Å². The lowest BCUT2D eigenvalue weighted by molar-refractivity contribution is 0.391. The Morgan fingerprint density at radius 2 is 1.79 bits per heavy atom. The highest BCUT2D eigenvalue weighted by atomic mass is 35.5. The van der Waals surface area contributed by atoms with E-state index in [1.165, 1.54) is 5.69 Å². The van der Waals surface area contributed by atoms with Gasteiger partial charge in [-0.15, -0.1) is 0 Å². The van der Waals surface area contributed by atoms with E-state index in [-0.39, 0.29) is 0 Å². The highest BCUT2D eigenvalue weighted by Gasteiger charge is 2.19. The maximum Gasteiger partial charge on any atom is 0.173 e. The minimum absolute atomic E-state index is 0.749. The first kappa shape index (κ1) is 16.9. The van der Waals surface area contributed by atoms with Gasteiger partial charge in [0.2, 0.25) is 0 Å². The van der Waals surface area contributed by atoms with Crippen LogP contribution in [-0.2, 0) is 0 Å². The molecule has 1 saturated heterocycles. The van der Waals surface area contributed by atoms with E-state index in [1.54, 1.807) is 7.11 Å². The molecule has 1 fully saturated rings. The Kier molecular flexibility index (Phi) is 5.43. The topological polar surface area (TPSA) is 27.7 Å². The first-order valence-corrected chi connectivity index (χ1v) is 8.65. The summed E-state index contributed by atoms with van der Waals surface area (Å²) in [6, 6.07) is 15.8. The third kappa shape index (κ3) is 4.10. The summed E-state index contributed by atoms with van der Waals surface area (Å²) in [4.78, 5) is 4.54. The van der Waals surface area contributed by atoms with Crippen LogP contribution in [0.25, 0.3) is 0 Å². The Bertz CT molecular complexity index is 700. The van der Waals surface area contributed by atoms with Crippen LogP contribution in [0.3, 0.4) is 0 Å². The molecular weight excluding hydrogens is 342 g/mol. The highest BCUT2D eigenvalue weighted by Crippen LogP contribution is 2.20. The third-order valence-corrected chi connectivity index (χ3v) is 4.69. The van der Waals surface area contributed by atoms with E-state index in [2.05, 4.69) is 27.2 Å². The quantitative estimate of drug-likeness (QED) is 0.838. The smallest absolute Gasteiger partial charge is 0.173 e. The van der Waals surface area contributed by atoms with Crippen LogP contribution in [0.15, 0.2) is 48.5 Å². The molecule has 0 atom stereocenters. The number of halogens is 1. The number of methoxy groups -OCH3 is 1. The Morgan fingerprint density at radius 1 is 1.08 bits per heavy atom. The van der Waals surface area contributed by atoms with Crippen molar-refractivity contribution in [1.82, 2.24) is 4.90 Å². The molecule has 0 radical (unpaired) electrons. The molecule has 2 aromatic carbocycles. The number of nitrogens with zero attached hydrogens (tertiary/aromatic N) is 2. The first-order valence-electron chi connectivity index (χ1n) is 7.86. The summed E-state index contributed by atoms with van der Waals surface area (Å²) in [7, 11) is 1.66. The second-order valence-corrected chi connectivity index (χ2v) is 6.44. The van der Waals surface area contributed by atoms with Crippen LogP contribution in [0.4, 0.5) is 11.4 Å². The number of thiocarbonyl (C=S) groups is 1. The minimum atomic E-state index is 0.749. The summed E-state index contributed by atoms with van der Waals surface area (Å²) in [5, 5.41) is 4.80. The number of ether oxygens (including phenoxy) is 1. The normalized spacial score (nSPS) is 14.4. The Balaban J connectivity index is 1.55. The molecule has 1 heterocycles. The fourth-order valence-electron chi connectivity index (χ4n) is 2.72. The molecular formula is C18H20ClN3OS. The van der Waals surface area contributed by atoms with Crippen molar-refractivity contribution in [1.29, 1.82) is 0 Å². The van der Waals surface area contributed by atoms with Gasteiger partial charge in [0.25, 0.3) is 0 Å². The van der Waals surface area contributed by atoms with Gasteiger partial charge in [-0.3, -0.25) is 0 Å². The second kappa shape index (κ2) is 7.73. The SMILES string of the molecule is COc1cccc(NC(=S)N2CCN(c3ccc(Cl)cc3)CC2)c1. The van der Waals surface area contributed by atoms with Crippen molar-refractivity contribution < 1.29 is 4.74 Å². The Hall–Kier alpha value is -1.98. The summed E-state index contributed by atoms with van der Waals surface area (Å²) < 4.78 is 5.24. The maximum atomic E-state index is 5.95. The fourth-order valence-corrected chi connectivity index (χ4v) is 3.15. The van der Waals surface area contributed by atoms with Gasteiger partial charge >= 0.3 is 0 Å². The molecule has 0 unspecified atom stereocenters. The number of nitrogens with one attached hydrogen (secondary N) is 1. The average molecular weight is 362 g/mol. The summed E-state index contributed by atoms with van der Waals surface area (Å²) in [5.74, 6) is 0.815. The number of anilines is 2. The number of hydrogen-bond donors (Lipinski definition) is 1. The van der Waals surface area contributed by atoms with Crippen LogP contribution in [0, 0.1) is 0 Å². The Morgan fingerprint density at radius 3 is 2.46 bits per heavy atom. The van der Waals surface area contributed by atoms with Crippen LogP contribution in [0.2, 0.25) is 5.02 Å². The number of hydrogen-bond acceptors (Lipinski definition) is 3. The lowest BCUT2D eigenvalue weighted by Crippen LogP contribution is -2.50. The van der Waals surface area contributed by atoms with E-state index in [9.17, 15) is 0 Å². The molecule has 0 saturated carbocycles. The average Bonchev–Trinajstić information content (AvgIpc) is 2.62. The van der Waals surface area contributed by atoms with Crippen LogP contribution in [0.1, 0.15) is 0 Å². The zero-order valence-electron chi connectivity index (χ0n) is 13.5. The predicted octanol–water partition coefficient (Wildman–Crippen LogP) is 3.87. The molecule has 126 valence electrons. The van der Waals surface area contributed by atoms with Crippen LogP contribution >= 0.6 is 23.8 Å². The summed E-state index contributed by atoms with van der Waals surface area (Å²) >= 11 is 11.5. The van der Waals surface area contributed by atoms with Crippen molar-refractivity contribution in [3.05, 3.63) is 53.6 Å². The van der Waals surface area contributed by atoms with E-state index in [4.69, 9.17) is 28.6 Å². The monoisotopic (exact) mass is 361 g/mol. The molecule has 2 aromatic rings. The standard InChI is InChI=1S/C18H20ClN3OS/c1-23-17-4-2-3-15(13-17)20-18(24)22-11-9-21(10-12-22)16-7-5-14(19)6-8-16/h2-8,13H,9-12H2,1H3,(H,20,24). The number of rotatable bonds is 3. The zero-order chi connectivity index (χ0) is 16.9. The van der Waals surface area contributed by atoms with E-state index >= 15 is 0 Å². The minimum Gasteiger partial charge on any atom is -0.497 e. The molecule has 0 bridgehead atoms. The summed E-state index contributed by atoms with van der Waals surface area (Å²) in [6.07, 6.45) is 0. The van der Waals surface area contributed by atoms with Crippen LogP contribution < -0.4 is 15.0 Å². The lowest BCUT2D eigenvalue weighted by Gasteiger charge is -2.37. The van der Waals surface area contributed by atoms with Crippen molar-refractivity contribution in [2.75, 3.05) is 43.5 Å². The number of benzene rings is 2. The van der Waals surface area contributed by atoms with Gasteiger partial charge in [0.15, 0.2) is 5.11 Å². The molecule has 4 nitrogen and oxygen atoms in total. The molecule has 1 N–H and O–H groups in total. The summed E-state index contributed by atoms with van der Waals surface area (Å²) in [6.45, 7) is 3.64. The van der Waals surface area contributed by atoms with Crippen molar-refractivity contribution in [3.63, 3.8) is 0 Å². The molecule has 24 heavy (non-hydrogen) atoms. The molecule has 3 rings (SSSR count). The molecule has 1 aliphatic heterocycles. The molecule has 0 spiro atoms. The summed E-state index contributed by atoms with van der Waals surface area (Å²) in [5.41, 5.74) is 2.14. The van der Waals surface area contributed by atoms with Gasteiger partial charge in [0, 0.05) is 48.6 Å². The van der Waals surface area contributed by atoms with E-state index < -0.39 is 0 Å². The van der Waals surface area contributed by atoms with Gasteiger partial charge in [-0.2, -0.15) is 0 Å². The highest BCUT2D eigenvalue weighted by molar-refractivity contribution is 7.80. The predicted molar refractivity (Wildman–Crippen MR) is 104 cm³/mol. The van der Waals surface area contributed by atoms with Gasteiger partial charge in [0.1, 0.15) is 5.75 Å². The first-order chi connectivity index (χ1) is 11.7. The van der Waals surface area contributed by atoms with Gasteiger partial charge in [-0.05, 0) is 48.6 Å². The molecule has 1 aliphatic rings. The largest absolute Gasteiger partial charge is 0.497 e. The third-order valence-electron chi connectivity index (χ3n) is 4.08. The van der Waals surface area contributed by atoms with Gasteiger partial charge in [0.05, 0.1) is 7.11 Å². The second-order valence-electron chi connectivity index (χ2n) is 5.61. The zero-order valence-corrected chi connectivity index (χ0v) is 15.1. The van der Waals surface area contributed by atoms with Crippen LogP contribution in [-0.4, -0.2) is 43.3 Å². The molecule has 0 amide bonds. The lowest BCUT2D eigenvalue weighted by atomic mass is 10.2. The van der Waals surface area contributed by atoms with Crippen molar-refractivity contribution in [3.8, 4) is 5.75 Å². The molecule has 6 heteroatoms. The molecule has 0 aromatic heterocycles.